The number of nitriles is 1. The maximum absolute atomic E-state index is 13.4. The second-order valence-corrected chi connectivity index (χ2v) is 3.05. The van der Waals surface area contributed by atoms with Crippen molar-refractivity contribution in [2.24, 2.45) is 0 Å². The molecule has 0 aromatic carbocycles. The summed E-state index contributed by atoms with van der Waals surface area (Å²) in [6, 6.07) is 1.90. The van der Waals surface area contributed by atoms with Gasteiger partial charge >= 0.3 is 0 Å². The molecule has 1 aliphatic carbocycles. The van der Waals surface area contributed by atoms with Crippen molar-refractivity contribution in [3.63, 3.8) is 0 Å². The van der Waals surface area contributed by atoms with Crippen molar-refractivity contribution in [2.75, 3.05) is 0 Å². The molecule has 0 aliphatic heterocycles. The van der Waals surface area contributed by atoms with Gasteiger partial charge < -0.3 is 0 Å². The minimum Gasteiger partial charge on any atom is -0.243 e. The van der Waals surface area contributed by atoms with Crippen LogP contribution in [0.3, 0.4) is 0 Å². The summed E-state index contributed by atoms with van der Waals surface area (Å²) in [4.78, 5) is 0. The zero-order valence-corrected chi connectivity index (χ0v) is 6.07. The van der Waals surface area contributed by atoms with Gasteiger partial charge in [-0.15, -0.1) is 0 Å². The topological polar surface area (TPSA) is 23.8 Å². The first-order chi connectivity index (χ1) is 4.77. The van der Waals surface area contributed by atoms with Crippen molar-refractivity contribution < 1.29 is 4.39 Å². The van der Waals surface area contributed by atoms with E-state index in [1.807, 2.05) is 6.07 Å². The second-order valence-electron chi connectivity index (χ2n) is 3.05. The Hall–Kier alpha value is -0.580. The predicted octanol–water partition coefficient (Wildman–Crippen LogP) is 2.57. The highest BCUT2D eigenvalue weighted by Crippen LogP contribution is 2.33. The molecule has 1 nitrogen and oxygen atoms in total. The molecule has 0 amide bonds. The molecule has 1 saturated carbocycles. The minimum absolute atomic E-state index is 0.0903. The Bertz CT molecular complexity index is 142. The molecule has 56 valence electrons. The van der Waals surface area contributed by atoms with Crippen LogP contribution in [0.25, 0.3) is 0 Å². The Morgan fingerprint density at radius 2 is 1.90 bits per heavy atom. The van der Waals surface area contributed by atoms with Crippen LogP contribution in [0, 0.1) is 11.3 Å². The highest BCUT2D eigenvalue weighted by atomic mass is 19.1. The van der Waals surface area contributed by atoms with Crippen molar-refractivity contribution in [1.29, 1.82) is 5.26 Å². The number of hydrogen-bond acceptors (Lipinski definition) is 1. The van der Waals surface area contributed by atoms with Crippen molar-refractivity contribution in [2.45, 2.75) is 44.2 Å². The molecule has 0 heterocycles. The van der Waals surface area contributed by atoms with Crippen LogP contribution in [0.15, 0.2) is 0 Å². The van der Waals surface area contributed by atoms with Crippen LogP contribution in [0.4, 0.5) is 4.39 Å². The van der Waals surface area contributed by atoms with Gasteiger partial charge in [-0.2, -0.15) is 5.26 Å². The molecule has 0 aromatic rings. The van der Waals surface area contributed by atoms with E-state index in [-0.39, 0.29) is 6.42 Å². The third-order valence-corrected chi connectivity index (χ3v) is 2.15. The van der Waals surface area contributed by atoms with E-state index in [0.29, 0.717) is 12.8 Å². The summed E-state index contributed by atoms with van der Waals surface area (Å²) < 4.78 is 13.4. The third kappa shape index (κ3) is 1.70. The van der Waals surface area contributed by atoms with Gasteiger partial charge in [0.25, 0.3) is 0 Å². The van der Waals surface area contributed by atoms with Crippen LogP contribution >= 0.6 is 0 Å². The summed E-state index contributed by atoms with van der Waals surface area (Å²) in [6.45, 7) is 0. The first-order valence-electron chi connectivity index (χ1n) is 3.83. The molecular formula is C8H12FN. The fourth-order valence-electron chi connectivity index (χ4n) is 1.50. The Morgan fingerprint density at radius 1 is 1.30 bits per heavy atom. The van der Waals surface area contributed by atoms with Gasteiger partial charge in [0.15, 0.2) is 0 Å². The summed E-state index contributed by atoms with van der Waals surface area (Å²) in [5, 5.41) is 8.29. The summed E-state index contributed by atoms with van der Waals surface area (Å²) in [5.74, 6) is 0. The van der Waals surface area contributed by atoms with Crippen LogP contribution in [-0.2, 0) is 0 Å². The number of hydrogen-bond donors (Lipinski definition) is 0. The molecule has 1 rings (SSSR count). The van der Waals surface area contributed by atoms with Crippen molar-refractivity contribution in [3.8, 4) is 6.07 Å². The van der Waals surface area contributed by atoms with Gasteiger partial charge in [-0.05, 0) is 12.8 Å². The molecule has 2 heteroatoms. The number of rotatable bonds is 1. The van der Waals surface area contributed by atoms with Gasteiger partial charge in [0.2, 0.25) is 0 Å². The van der Waals surface area contributed by atoms with Gasteiger partial charge in [0.1, 0.15) is 5.67 Å². The van der Waals surface area contributed by atoms with Gasteiger partial charge in [0, 0.05) is 0 Å². The molecule has 0 bridgehead atoms. The van der Waals surface area contributed by atoms with Gasteiger partial charge in [0.05, 0.1) is 12.5 Å². The molecule has 0 atom stereocenters. The van der Waals surface area contributed by atoms with E-state index in [4.69, 9.17) is 5.26 Å². The van der Waals surface area contributed by atoms with E-state index in [0.717, 1.165) is 19.3 Å². The smallest absolute Gasteiger partial charge is 0.124 e. The highest BCUT2D eigenvalue weighted by Gasteiger charge is 2.30. The van der Waals surface area contributed by atoms with E-state index < -0.39 is 5.67 Å². The van der Waals surface area contributed by atoms with Crippen LogP contribution in [0.2, 0.25) is 0 Å². The third-order valence-electron chi connectivity index (χ3n) is 2.15. The predicted molar refractivity (Wildman–Crippen MR) is 37.2 cm³/mol. The Balaban J connectivity index is 2.42. The van der Waals surface area contributed by atoms with Gasteiger partial charge in [-0.3, -0.25) is 0 Å². The Morgan fingerprint density at radius 3 is 2.40 bits per heavy atom. The lowest BCUT2D eigenvalue weighted by Gasteiger charge is -2.26. The molecule has 0 N–H and O–H groups in total. The van der Waals surface area contributed by atoms with E-state index in [1.165, 1.54) is 0 Å². The highest BCUT2D eigenvalue weighted by molar-refractivity contribution is 4.91. The molecule has 0 spiro atoms. The molecular weight excluding hydrogens is 129 g/mol. The number of halogens is 1. The molecule has 0 aromatic heterocycles. The second kappa shape index (κ2) is 3.01. The fraction of sp³-hybridized carbons (Fsp3) is 0.875. The quantitative estimate of drug-likeness (QED) is 0.550. The van der Waals surface area contributed by atoms with Crippen LogP contribution in [0.1, 0.15) is 38.5 Å². The SMILES string of the molecule is N#CCC1(F)CCCCC1. The van der Waals surface area contributed by atoms with E-state index in [9.17, 15) is 4.39 Å². The normalized spacial score (nSPS) is 23.6. The average Bonchev–Trinajstić information content (AvgIpc) is 1.89. The zero-order chi connectivity index (χ0) is 7.45. The van der Waals surface area contributed by atoms with Gasteiger partial charge in [-0.1, -0.05) is 19.3 Å². The monoisotopic (exact) mass is 141 g/mol. The molecule has 1 fully saturated rings. The van der Waals surface area contributed by atoms with E-state index in [1.54, 1.807) is 0 Å². The van der Waals surface area contributed by atoms with Gasteiger partial charge in [-0.25, -0.2) is 4.39 Å². The van der Waals surface area contributed by atoms with E-state index in [2.05, 4.69) is 0 Å². The van der Waals surface area contributed by atoms with Crippen LogP contribution in [0.5, 0.6) is 0 Å². The average molecular weight is 141 g/mol. The number of nitrogens with zero attached hydrogens (tertiary/aromatic N) is 1. The molecule has 0 unspecified atom stereocenters. The van der Waals surface area contributed by atoms with E-state index >= 15 is 0 Å². The fourth-order valence-corrected chi connectivity index (χ4v) is 1.50. The maximum atomic E-state index is 13.4. The number of alkyl halides is 1. The van der Waals surface area contributed by atoms with Crippen LogP contribution in [-0.4, -0.2) is 5.67 Å². The standard InChI is InChI=1S/C8H12FN/c9-8(6-7-10)4-2-1-3-5-8/h1-6H2. The molecule has 0 saturated heterocycles. The lowest BCUT2D eigenvalue weighted by atomic mass is 9.84. The summed E-state index contributed by atoms with van der Waals surface area (Å²) in [6.07, 6.45) is 4.33. The minimum atomic E-state index is -1.13. The lowest BCUT2D eigenvalue weighted by Crippen LogP contribution is -2.25. The molecule has 0 radical (unpaired) electrons. The van der Waals surface area contributed by atoms with Crippen molar-refractivity contribution in [3.05, 3.63) is 0 Å². The summed E-state index contributed by atoms with van der Waals surface area (Å²) in [7, 11) is 0. The van der Waals surface area contributed by atoms with Crippen LogP contribution < -0.4 is 0 Å². The summed E-state index contributed by atoms with van der Waals surface area (Å²) >= 11 is 0. The lowest BCUT2D eigenvalue weighted by molar-refractivity contribution is 0.112. The molecule has 10 heavy (non-hydrogen) atoms. The summed E-state index contributed by atoms with van der Waals surface area (Å²) in [5.41, 5.74) is -1.13. The van der Waals surface area contributed by atoms with Crippen molar-refractivity contribution >= 4 is 0 Å². The largest absolute Gasteiger partial charge is 0.243 e. The van der Waals surface area contributed by atoms with Crippen molar-refractivity contribution in [1.82, 2.24) is 0 Å². The Labute approximate surface area is 60.8 Å². The maximum Gasteiger partial charge on any atom is 0.124 e. The Kier molecular flexibility index (Phi) is 2.26. The first kappa shape index (κ1) is 7.53. The first-order valence-corrected chi connectivity index (χ1v) is 3.83. The zero-order valence-electron chi connectivity index (χ0n) is 6.07. The molecule has 1 aliphatic rings.